The summed E-state index contributed by atoms with van der Waals surface area (Å²) in [5.74, 6) is -0.271. The van der Waals surface area contributed by atoms with Gasteiger partial charge in [-0.1, -0.05) is 39.0 Å². The molecule has 0 radical (unpaired) electrons. The molecule has 112 valence electrons. The fourth-order valence-electron chi connectivity index (χ4n) is 2.60. The van der Waals surface area contributed by atoms with Crippen molar-refractivity contribution in [3.63, 3.8) is 0 Å². The van der Waals surface area contributed by atoms with Gasteiger partial charge in [0.1, 0.15) is 0 Å². The van der Waals surface area contributed by atoms with Crippen molar-refractivity contribution in [1.29, 1.82) is 0 Å². The molecular formula is C18H23NO2. The van der Waals surface area contributed by atoms with Crippen LogP contribution in [0.2, 0.25) is 0 Å². The van der Waals surface area contributed by atoms with E-state index in [-0.39, 0.29) is 11.4 Å². The number of esters is 1. The van der Waals surface area contributed by atoms with Gasteiger partial charge in [0.25, 0.3) is 0 Å². The van der Waals surface area contributed by atoms with E-state index >= 15 is 0 Å². The molecule has 2 aromatic rings. The molecule has 0 amide bonds. The Hall–Kier alpha value is -1.90. The summed E-state index contributed by atoms with van der Waals surface area (Å²) in [7, 11) is 0. The van der Waals surface area contributed by atoms with Gasteiger partial charge < -0.3 is 4.74 Å². The molecule has 1 aromatic carbocycles. The van der Waals surface area contributed by atoms with Gasteiger partial charge in [-0.05, 0) is 37.3 Å². The van der Waals surface area contributed by atoms with Crippen LogP contribution in [0.5, 0.6) is 0 Å². The summed E-state index contributed by atoms with van der Waals surface area (Å²) in [5, 5.41) is 1.04. The number of hydrogen-bond acceptors (Lipinski definition) is 3. The highest BCUT2D eigenvalue weighted by molar-refractivity contribution is 5.98. The van der Waals surface area contributed by atoms with Crippen molar-refractivity contribution in [1.82, 2.24) is 4.98 Å². The summed E-state index contributed by atoms with van der Waals surface area (Å²) < 4.78 is 5.23. The molecule has 2 rings (SSSR count). The molecular weight excluding hydrogens is 262 g/mol. The largest absolute Gasteiger partial charge is 0.462 e. The van der Waals surface area contributed by atoms with E-state index in [1.165, 1.54) is 0 Å². The summed E-state index contributed by atoms with van der Waals surface area (Å²) in [5.41, 5.74) is 3.43. The van der Waals surface area contributed by atoms with Gasteiger partial charge in [0, 0.05) is 5.39 Å². The molecule has 3 nitrogen and oxygen atoms in total. The average Bonchev–Trinajstić information content (AvgIpc) is 2.37. The van der Waals surface area contributed by atoms with Crippen LogP contribution in [0.1, 0.15) is 49.3 Å². The van der Waals surface area contributed by atoms with Crippen LogP contribution in [-0.2, 0) is 11.2 Å². The number of rotatable bonds is 3. The van der Waals surface area contributed by atoms with E-state index in [1.807, 2.05) is 38.1 Å². The monoisotopic (exact) mass is 285 g/mol. The third-order valence-corrected chi connectivity index (χ3v) is 3.37. The quantitative estimate of drug-likeness (QED) is 0.789. The SMILES string of the molecule is CCOC(=O)c1c(C)nc2ccccc2c1CC(C)(C)C. The Morgan fingerprint density at radius 1 is 1.24 bits per heavy atom. The average molecular weight is 285 g/mol. The first-order valence-electron chi connectivity index (χ1n) is 7.39. The fraction of sp³-hybridized carbons (Fsp3) is 0.444. The van der Waals surface area contributed by atoms with E-state index in [4.69, 9.17) is 4.74 Å². The lowest BCUT2D eigenvalue weighted by Gasteiger charge is -2.22. The van der Waals surface area contributed by atoms with Gasteiger partial charge in [0.2, 0.25) is 0 Å². The van der Waals surface area contributed by atoms with Crippen LogP contribution >= 0.6 is 0 Å². The minimum atomic E-state index is -0.271. The number of hydrogen-bond donors (Lipinski definition) is 0. The van der Waals surface area contributed by atoms with Crippen LogP contribution in [0, 0.1) is 12.3 Å². The minimum absolute atomic E-state index is 0.0812. The zero-order valence-corrected chi connectivity index (χ0v) is 13.5. The highest BCUT2D eigenvalue weighted by Gasteiger charge is 2.23. The Balaban J connectivity index is 2.72. The second kappa shape index (κ2) is 5.84. The maximum absolute atomic E-state index is 12.4. The number of ether oxygens (including phenoxy) is 1. The fourth-order valence-corrected chi connectivity index (χ4v) is 2.60. The molecule has 0 spiro atoms. The van der Waals surface area contributed by atoms with Crippen LogP contribution in [0.15, 0.2) is 24.3 Å². The highest BCUT2D eigenvalue weighted by Crippen LogP contribution is 2.30. The number of nitrogens with zero attached hydrogens (tertiary/aromatic N) is 1. The number of carbonyl (C=O) groups excluding carboxylic acids is 1. The number of carbonyl (C=O) groups is 1. The van der Waals surface area contributed by atoms with Crippen molar-refractivity contribution < 1.29 is 9.53 Å². The van der Waals surface area contributed by atoms with Crippen LogP contribution < -0.4 is 0 Å². The van der Waals surface area contributed by atoms with Crippen molar-refractivity contribution in [3.8, 4) is 0 Å². The molecule has 0 saturated heterocycles. The van der Waals surface area contributed by atoms with Crippen molar-refractivity contribution in [2.45, 2.75) is 41.0 Å². The Morgan fingerprint density at radius 2 is 1.90 bits per heavy atom. The molecule has 1 heterocycles. The molecule has 0 bridgehead atoms. The second-order valence-corrected chi connectivity index (χ2v) is 6.53. The smallest absolute Gasteiger partial charge is 0.340 e. The molecule has 0 unspecified atom stereocenters. The topological polar surface area (TPSA) is 39.2 Å². The lowest BCUT2D eigenvalue weighted by molar-refractivity contribution is 0.0523. The van der Waals surface area contributed by atoms with Gasteiger partial charge in [0.05, 0.1) is 23.4 Å². The van der Waals surface area contributed by atoms with E-state index in [0.29, 0.717) is 12.2 Å². The maximum Gasteiger partial charge on any atom is 0.340 e. The molecule has 1 aromatic heterocycles. The highest BCUT2D eigenvalue weighted by atomic mass is 16.5. The van der Waals surface area contributed by atoms with E-state index in [0.717, 1.165) is 28.6 Å². The van der Waals surface area contributed by atoms with Crippen molar-refractivity contribution in [2.75, 3.05) is 6.61 Å². The number of pyridine rings is 1. The molecule has 0 aliphatic heterocycles. The number of benzene rings is 1. The third kappa shape index (κ3) is 3.41. The van der Waals surface area contributed by atoms with Gasteiger partial charge in [-0.2, -0.15) is 0 Å². The number of aryl methyl sites for hydroxylation is 1. The van der Waals surface area contributed by atoms with Gasteiger partial charge >= 0.3 is 5.97 Å². The predicted octanol–water partition coefficient (Wildman–Crippen LogP) is 4.31. The maximum atomic E-state index is 12.4. The molecule has 0 atom stereocenters. The molecule has 21 heavy (non-hydrogen) atoms. The van der Waals surface area contributed by atoms with Crippen LogP contribution in [0.3, 0.4) is 0 Å². The Kier molecular flexibility index (Phi) is 4.31. The Labute approximate surface area is 126 Å². The zero-order valence-electron chi connectivity index (χ0n) is 13.5. The third-order valence-electron chi connectivity index (χ3n) is 3.37. The van der Waals surface area contributed by atoms with Gasteiger partial charge in [-0.3, -0.25) is 4.98 Å². The molecule has 0 N–H and O–H groups in total. The second-order valence-electron chi connectivity index (χ2n) is 6.53. The standard InChI is InChI=1S/C18H23NO2/c1-6-21-17(20)16-12(2)19-15-10-8-7-9-13(15)14(16)11-18(3,4)5/h7-10H,6,11H2,1-5H3. The first kappa shape index (κ1) is 15.5. The summed E-state index contributed by atoms with van der Waals surface area (Å²) >= 11 is 0. The van der Waals surface area contributed by atoms with Crippen LogP contribution in [-0.4, -0.2) is 17.6 Å². The van der Waals surface area contributed by atoms with Crippen LogP contribution in [0.25, 0.3) is 10.9 Å². The van der Waals surface area contributed by atoms with Crippen LogP contribution in [0.4, 0.5) is 0 Å². The summed E-state index contributed by atoms with van der Waals surface area (Å²) in [6, 6.07) is 7.98. The predicted molar refractivity (Wildman–Crippen MR) is 85.6 cm³/mol. The van der Waals surface area contributed by atoms with Gasteiger partial charge in [0.15, 0.2) is 0 Å². The Morgan fingerprint density at radius 3 is 2.52 bits per heavy atom. The summed E-state index contributed by atoms with van der Waals surface area (Å²) in [6.07, 6.45) is 0.811. The lowest BCUT2D eigenvalue weighted by Crippen LogP contribution is -2.17. The first-order valence-corrected chi connectivity index (χ1v) is 7.39. The number of aromatic nitrogens is 1. The number of para-hydroxylation sites is 1. The van der Waals surface area contributed by atoms with Crippen molar-refractivity contribution in [2.24, 2.45) is 5.41 Å². The van der Waals surface area contributed by atoms with Gasteiger partial charge in [-0.15, -0.1) is 0 Å². The van der Waals surface area contributed by atoms with E-state index in [2.05, 4.69) is 25.8 Å². The van der Waals surface area contributed by atoms with E-state index < -0.39 is 0 Å². The molecule has 0 fully saturated rings. The number of fused-ring (bicyclic) bond motifs is 1. The zero-order chi connectivity index (χ0) is 15.6. The lowest BCUT2D eigenvalue weighted by atomic mass is 9.84. The van der Waals surface area contributed by atoms with Crippen molar-refractivity contribution in [3.05, 3.63) is 41.1 Å². The molecule has 0 aliphatic carbocycles. The minimum Gasteiger partial charge on any atom is -0.462 e. The van der Waals surface area contributed by atoms with E-state index in [1.54, 1.807) is 0 Å². The first-order chi connectivity index (χ1) is 9.83. The van der Waals surface area contributed by atoms with E-state index in [9.17, 15) is 4.79 Å². The summed E-state index contributed by atoms with van der Waals surface area (Å²) in [6.45, 7) is 10.6. The van der Waals surface area contributed by atoms with Gasteiger partial charge in [-0.25, -0.2) is 4.79 Å². The molecule has 0 aliphatic rings. The Bertz CT molecular complexity index is 669. The summed E-state index contributed by atoms with van der Waals surface area (Å²) in [4.78, 5) is 16.9. The molecule has 0 saturated carbocycles. The molecule has 3 heteroatoms. The van der Waals surface area contributed by atoms with Crippen molar-refractivity contribution >= 4 is 16.9 Å². The normalized spacial score (nSPS) is 11.7.